The van der Waals surface area contributed by atoms with E-state index in [1.54, 1.807) is 12.1 Å². The van der Waals surface area contributed by atoms with Crippen molar-refractivity contribution in [2.24, 2.45) is 0 Å². The van der Waals surface area contributed by atoms with Gasteiger partial charge in [0.2, 0.25) is 6.29 Å². The van der Waals surface area contributed by atoms with E-state index in [1.165, 1.54) is 55.5 Å². The zero-order chi connectivity index (χ0) is 25.8. The van der Waals surface area contributed by atoms with Crippen LogP contribution in [0, 0.1) is 0 Å². The third kappa shape index (κ3) is 8.58. The number of hydrogen-bond acceptors (Lipinski definition) is 11. The molecule has 3 rings (SSSR count). The van der Waals surface area contributed by atoms with Crippen molar-refractivity contribution in [3.63, 3.8) is 0 Å². The Bertz CT molecular complexity index is 1250. The van der Waals surface area contributed by atoms with Gasteiger partial charge in [-0.3, -0.25) is 9.11 Å². The topological polar surface area (TPSA) is 189 Å². The van der Waals surface area contributed by atoms with Crippen molar-refractivity contribution in [3.8, 4) is 0 Å². The van der Waals surface area contributed by atoms with Crippen LogP contribution < -0.4 is 29.6 Å². The first-order valence-corrected chi connectivity index (χ1v) is 12.6. The first-order chi connectivity index (χ1) is 16.3. The molecule has 0 aliphatic carbocycles. The number of esters is 2. The summed E-state index contributed by atoms with van der Waals surface area (Å²) in [5, 5.41) is 0. The zero-order valence-corrected chi connectivity index (χ0v) is 22.5. The molecule has 2 aromatic carbocycles. The van der Waals surface area contributed by atoms with E-state index in [9.17, 15) is 35.5 Å². The third-order valence-corrected chi connectivity index (χ3v) is 5.61. The monoisotopic (exact) mass is 555 g/mol. The molecule has 0 amide bonds. The van der Waals surface area contributed by atoms with Gasteiger partial charge in [0.15, 0.2) is 18.3 Å². The molecule has 0 radical (unpaired) electrons. The molecule has 2 aromatic rings. The normalized spacial score (nSPS) is 24.2. The van der Waals surface area contributed by atoms with Gasteiger partial charge in [0.25, 0.3) is 0 Å². The minimum absolute atomic E-state index is 0. The van der Waals surface area contributed by atoms with Gasteiger partial charge in [-0.1, -0.05) is 36.4 Å². The molecule has 1 aliphatic heterocycles. The maximum atomic E-state index is 12.6. The number of rotatable bonds is 8. The second-order valence-corrected chi connectivity index (χ2v) is 9.29. The standard InChI is InChI=1S/C20H20O13S2.Na/c1-12-15(30-18(21)13-8-4-2-5-9-13)16(32-34(23,24)25)17(33-35(26,27)28)20(29-12)31-19(22)14-10-6-3-7-11-14;/h2-12,15-17,20H,1H3,(H,23,24,25)(H,26,27,28);/q;+1/t12-,15-,16+,17+,20-;/m0./s1. The van der Waals surface area contributed by atoms with Crippen LogP contribution in [0.15, 0.2) is 60.7 Å². The van der Waals surface area contributed by atoms with Crippen molar-refractivity contribution < 1.29 is 87.7 Å². The Balaban J connectivity index is 0.00000456. The van der Waals surface area contributed by atoms with E-state index < -0.39 is 63.4 Å². The predicted octanol–water partition coefficient (Wildman–Crippen LogP) is -1.81. The second kappa shape index (κ2) is 12.6. The Hall–Kier alpha value is -1.92. The first-order valence-electron chi connectivity index (χ1n) is 9.83. The Kier molecular flexibility index (Phi) is 10.6. The van der Waals surface area contributed by atoms with Crippen LogP contribution in [0.5, 0.6) is 0 Å². The fourth-order valence-corrected chi connectivity index (χ4v) is 4.22. The molecule has 0 spiro atoms. The average Bonchev–Trinajstić information content (AvgIpc) is 2.78. The number of hydrogen-bond donors (Lipinski definition) is 2. The predicted molar refractivity (Wildman–Crippen MR) is 115 cm³/mol. The van der Waals surface area contributed by atoms with Gasteiger partial charge in [-0.05, 0) is 31.2 Å². The van der Waals surface area contributed by atoms with Gasteiger partial charge in [-0.25, -0.2) is 18.0 Å². The summed E-state index contributed by atoms with van der Waals surface area (Å²) < 4.78 is 89.5. The average molecular weight is 555 g/mol. The number of ether oxygens (including phenoxy) is 3. The van der Waals surface area contributed by atoms with Gasteiger partial charge in [0, 0.05) is 0 Å². The Morgan fingerprint density at radius 3 is 1.58 bits per heavy atom. The maximum absolute atomic E-state index is 12.6. The summed E-state index contributed by atoms with van der Waals surface area (Å²) in [5.74, 6) is -2.02. The summed E-state index contributed by atoms with van der Waals surface area (Å²) in [6.45, 7) is 1.27. The second-order valence-electron chi connectivity index (χ2n) is 7.19. The summed E-state index contributed by atoms with van der Waals surface area (Å²) in [7, 11) is -10.7. The van der Waals surface area contributed by atoms with E-state index in [2.05, 4.69) is 8.37 Å². The third-order valence-electron chi connectivity index (χ3n) is 4.68. The van der Waals surface area contributed by atoms with Gasteiger partial charge in [0.1, 0.15) is 0 Å². The molecule has 1 aliphatic rings. The molecule has 0 aromatic heterocycles. The van der Waals surface area contributed by atoms with Crippen molar-refractivity contribution in [1.29, 1.82) is 0 Å². The molecule has 0 saturated carbocycles. The molecule has 16 heteroatoms. The molecule has 1 fully saturated rings. The Morgan fingerprint density at radius 2 is 1.14 bits per heavy atom. The van der Waals surface area contributed by atoms with Gasteiger partial charge in [-0.15, -0.1) is 0 Å². The van der Waals surface area contributed by atoms with Crippen molar-refractivity contribution in [2.45, 2.75) is 37.6 Å². The number of benzene rings is 2. The van der Waals surface area contributed by atoms with E-state index in [-0.39, 0.29) is 40.7 Å². The molecule has 1 saturated heterocycles. The fourth-order valence-electron chi connectivity index (χ4n) is 3.24. The first kappa shape index (κ1) is 30.3. The van der Waals surface area contributed by atoms with E-state index >= 15 is 0 Å². The van der Waals surface area contributed by atoms with Crippen LogP contribution in [0.3, 0.4) is 0 Å². The maximum Gasteiger partial charge on any atom is 1.00 e. The van der Waals surface area contributed by atoms with Crippen molar-refractivity contribution in [2.75, 3.05) is 0 Å². The SMILES string of the molecule is C[C@@H]1O[C@@H](OC(=O)c2ccccc2)[C@H](OS(=O)(=O)O)[C@H](OS(=O)(=O)O)[C@H]1OC(=O)c1ccccc1.[Na+]. The van der Waals surface area contributed by atoms with E-state index in [0.29, 0.717) is 0 Å². The Labute approximate surface area is 228 Å². The van der Waals surface area contributed by atoms with Crippen molar-refractivity contribution in [1.82, 2.24) is 0 Å². The molecule has 190 valence electrons. The van der Waals surface area contributed by atoms with E-state index in [0.717, 1.165) is 0 Å². The van der Waals surface area contributed by atoms with Gasteiger partial charge in [-0.2, -0.15) is 16.8 Å². The van der Waals surface area contributed by atoms with Crippen LogP contribution in [0.25, 0.3) is 0 Å². The quantitative estimate of drug-likeness (QED) is 0.211. The molecule has 0 unspecified atom stereocenters. The Morgan fingerprint density at radius 1 is 0.722 bits per heavy atom. The number of carbonyl (C=O) groups excluding carboxylic acids is 2. The molecule has 36 heavy (non-hydrogen) atoms. The van der Waals surface area contributed by atoms with Crippen LogP contribution >= 0.6 is 0 Å². The van der Waals surface area contributed by atoms with Crippen LogP contribution in [-0.4, -0.2) is 68.6 Å². The summed E-state index contributed by atoms with van der Waals surface area (Å²) in [6, 6.07) is 14.8. The minimum Gasteiger partial charge on any atom is -0.453 e. The van der Waals surface area contributed by atoms with E-state index in [1.807, 2.05) is 0 Å². The van der Waals surface area contributed by atoms with Gasteiger partial charge >= 0.3 is 62.3 Å². The largest absolute Gasteiger partial charge is 1.00 e. The summed E-state index contributed by atoms with van der Waals surface area (Å²) in [6.07, 6.45) is -9.37. The summed E-state index contributed by atoms with van der Waals surface area (Å²) >= 11 is 0. The molecule has 0 bridgehead atoms. The molecule has 2 N–H and O–H groups in total. The molecule has 13 nitrogen and oxygen atoms in total. The smallest absolute Gasteiger partial charge is 0.453 e. The van der Waals surface area contributed by atoms with Crippen molar-refractivity contribution in [3.05, 3.63) is 71.8 Å². The van der Waals surface area contributed by atoms with Gasteiger partial charge < -0.3 is 14.2 Å². The van der Waals surface area contributed by atoms with Crippen molar-refractivity contribution >= 4 is 32.7 Å². The minimum atomic E-state index is -5.34. The zero-order valence-electron chi connectivity index (χ0n) is 18.9. The summed E-state index contributed by atoms with van der Waals surface area (Å²) in [5.41, 5.74) is 0.0504. The van der Waals surface area contributed by atoms with Crippen LogP contribution in [0.4, 0.5) is 0 Å². The van der Waals surface area contributed by atoms with Crippen LogP contribution in [0.1, 0.15) is 27.6 Å². The van der Waals surface area contributed by atoms with Gasteiger partial charge in [0.05, 0.1) is 17.2 Å². The van der Waals surface area contributed by atoms with Crippen LogP contribution in [-0.2, 0) is 43.4 Å². The number of carbonyl (C=O) groups is 2. The fraction of sp³-hybridized carbons (Fsp3) is 0.300. The molecule has 5 atom stereocenters. The summed E-state index contributed by atoms with van der Waals surface area (Å²) in [4.78, 5) is 25.1. The molecule has 1 heterocycles. The van der Waals surface area contributed by atoms with Crippen LogP contribution in [0.2, 0.25) is 0 Å². The molecular weight excluding hydrogens is 535 g/mol. The van der Waals surface area contributed by atoms with E-state index in [4.69, 9.17) is 14.2 Å². The molecular formula is C20H20NaO13S2+.